The molecule has 1 aromatic heterocycles. The first kappa shape index (κ1) is 14.5. The number of hydrogen-bond donors (Lipinski definition) is 1. The van der Waals surface area contributed by atoms with Crippen molar-refractivity contribution in [1.82, 2.24) is 4.98 Å². The van der Waals surface area contributed by atoms with Crippen LogP contribution in [0.2, 0.25) is 5.02 Å². The van der Waals surface area contributed by atoms with E-state index in [1.165, 1.54) is 0 Å². The van der Waals surface area contributed by atoms with Gasteiger partial charge in [0.05, 0.1) is 18.2 Å². The molecule has 0 amide bonds. The molecule has 0 radical (unpaired) electrons. The average molecular weight is 293 g/mol. The van der Waals surface area contributed by atoms with Gasteiger partial charge in [-0.25, -0.2) is 4.98 Å². The minimum absolute atomic E-state index is 0.586. The maximum Gasteiger partial charge on any atom is 0.163 e. The molecule has 0 aliphatic rings. The Labute approximate surface area is 123 Å². The number of ether oxygens (including phenoxy) is 2. The predicted molar refractivity (Wildman–Crippen MR) is 81.3 cm³/mol. The summed E-state index contributed by atoms with van der Waals surface area (Å²) in [5.41, 5.74) is 0.881. The molecule has 0 fully saturated rings. The van der Waals surface area contributed by atoms with Crippen molar-refractivity contribution >= 4 is 23.1 Å². The van der Waals surface area contributed by atoms with Crippen LogP contribution in [0.4, 0.5) is 11.5 Å². The Balaban J connectivity index is 2.19. The second kappa shape index (κ2) is 7.01. The van der Waals surface area contributed by atoms with Crippen molar-refractivity contribution in [3.8, 4) is 11.5 Å². The summed E-state index contributed by atoms with van der Waals surface area (Å²) in [4.78, 5) is 4.19. The van der Waals surface area contributed by atoms with Gasteiger partial charge in [-0.2, -0.15) is 0 Å². The molecule has 4 nitrogen and oxygen atoms in total. The number of nitrogens with one attached hydrogen (secondary N) is 1. The van der Waals surface area contributed by atoms with Gasteiger partial charge in [-0.1, -0.05) is 11.6 Å². The summed E-state index contributed by atoms with van der Waals surface area (Å²) in [6.07, 6.45) is 1.60. The fourth-order valence-corrected chi connectivity index (χ4v) is 1.84. The van der Waals surface area contributed by atoms with Crippen LogP contribution in [0.25, 0.3) is 0 Å². The first-order valence-electron chi connectivity index (χ1n) is 6.51. The SMILES string of the molecule is CCOc1ccc(Nc2ccc(Cl)cn2)cc1OCC. The third-order valence-electron chi connectivity index (χ3n) is 2.54. The summed E-state index contributed by atoms with van der Waals surface area (Å²) in [5, 5.41) is 3.80. The van der Waals surface area contributed by atoms with Crippen molar-refractivity contribution in [1.29, 1.82) is 0 Å². The molecule has 5 heteroatoms. The number of anilines is 2. The Bertz CT molecular complexity index is 558. The van der Waals surface area contributed by atoms with E-state index in [1.807, 2.05) is 38.1 Å². The van der Waals surface area contributed by atoms with E-state index in [1.54, 1.807) is 12.3 Å². The first-order valence-corrected chi connectivity index (χ1v) is 6.89. The van der Waals surface area contributed by atoms with Gasteiger partial charge < -0.3 is 14.8 Å². The van der Waals surface area contributed by atoms with Crippen LogP contribution in [0.15, 0.2) is 36.5 Å². The summed E-state index contributed by atoms with van der Waals surface area (Å²) < 4.78 is 11.1. The Hall–Kier alpha value is -1.94. The van der Waals surface area contributed by atoms with Crippen LogP contribution >= 0.6 is 11.6 Å². The zero-order valence-electron chi connectivity index (χ0n) is 11.5. The molecule has 0 saturated heterocycles. The Kier molecular flexibility index (Phi) is 5.07. The number of benzene rings is 1. The number of pyridine rings is 1. The van der Waals surface area contributed by atoms with E-state index >= 15 is 0 Å². The normalized spacial score (nSPS) is 10.2. The molecule has 0 spiro atoms. The molecule has 0 atom stereocenters. The number of nitrogens with zero attached hydrogens (tertiary/aromatic N) is 1. The minimum Gasteiger partial charge on any atom is -0.490 e. The van der Waals surface area contributed by atoms with Gasteiger partial charge in [0.15, 0.2) is 11.5 Å². The standard InChI is InChI=1S/C15H17ClN2O2/c1-3-19-13-7-6-12(9-14(13)20-4-2)18-15-8-5-11(16)10-17-15/h5-10H,3-4H2,1-2H3,(H,17,18). The molecule has 0 bridgehead atoms. The molecule has 0 unspecified atom stereocenters. The van der Waals surface area contributed by atoms with Gasteiger partial charge >= 0.3 is 0 Å². The second-order valence-corrected chi connectivity index (χ2v) is 4.45. The molecule has 0 aliphatic heterocycles. The van der Waals surface area contributed by atoms with Gasteiger partial charge in [-0.05, 0) is 38.1 Å². The molecular formula is C15H17ClN2O2. The first-order chi connectivity index (χ1) is 9.72. The van der Waals surface area contributed by atoms with E-state index in [-0.39, 0.29) is 0 Å². The molecule has 0 aliphatic carbocycles. The van der Waals surface area contributed by atoms with Crippen LogP contribution in [-0.4, -0.2) is 18.2 Å². The van der Waals surface area contributed by atoms with Gasteiger partial charge in [0.2, 0.25) is 0 Å². The lowest BCUT2D eigenvalue weighted by atomic mass is 10.2. The van der Waals surface area contributed by atoms with Crippen LogP contribution in [-0.2, 0) is 0 Å². The fourth-order valence-electron chi connectivity index (χ4n) is 1.73. The maximum atomic E-state index is 5.81. The van der Waals surface area contributed by atoms with Crippen LogP contribution in [0, 0.1) is 0 Å². The van der Waals surface area contributed by atoms with Crippen molar-refractivity contribution < 1.29 is 9.47 Å². The number of aromatic nitrogens is 1. The highest BCUT2D eigenvalue weighted by molar-refractivity contribution is 6.30. The van der Waals surface area contributed by atoms with Crippen LogP contribution in [0.1, 0.15) is 13.8 Å². The van der Waals surface area contributed by atoms with E-state index in [9.17, 15) is 0 Å². The topological polar surface area (TPSA) is 43.4 Å². The Morgan fingerprint density at radius 3 is 2.45 bits per heavy atom. The number of rotatable bonds is 6. The monoisotopic (exact) mass is 292 g/mol. The molecule has 1 N–H and O–H groups in total. The van der Waals surface area contributed by atoms with Crippen LogP contribution < -0.4 is 14.8 Å². The van der Waals surface area contributed by atoms with Gasteiger partial charge in [0.1, 0.15) is 5.82 Å². The van der Waals surface area contributed by atoms with E-state index in [4.69, 9.17) is 21.1 Å². The largest absolute Gasteiger partial charge is 0.490 e. The molecule has 2 aromatic rings. The maximum absolute atomic E-state index is 5.81. The molecule has 1 aromatic carbocycles. The highest BCUT2D eigenvalue weighted by atomic mass is 35.5. The van der Waals surface area contributed by atoms with Crippen LogP contribution in [0.5, 0.6) is 11.5 Å². The van der Waals surface area contributed by atoms with Crippen LogP contribution in [0.3, 0.4) is 0 Å². The van der Waals surface area contributed by atoms with Gasteiger partial charge in [0.25, 0.3) is 0 Å². The van der Waals surface area contributed by atoms with Gasteiger partial charge in [-0.3, -0.25) is 0 Å². The average Bonchev–Trinajstić information content (AvgIpc) is 2.45. The molecule has 0 saturated carbocycles. The summed E-state index contributed by atoms with van der Waals surface area (Å²) in [6, 6.07) is 9.30. The van der Waals surface area contributed by atoms with Crippen molar-refractivity contribution in [2.75, 3.05) is 18.5 Å². The van der Waals surface area contributed by atoms with E-state index in [2.05, 4.69) is 10.3 Å². The highest BCUT2D eigenvalue weighted by Gasteiger charge is 2.06. The van der Waals surface area contributed by atoms with Crippen molar-refractivity contribution in [3.63, 3.8) is 0 Å². The third kappa shape index (κ3) is 3.78. The predicted octanol–water partition coefficient (Wildman–Crippen LogP) is 4.28. The van der Waals surface area contributed by atoms with Crippen molar-refractivity contribution in [3.05, 3.63) is 41.6 Å². The fraction of sp³-hybridized carbons (Fsp3) is 0.267. The lowest BCUT2D eigenvalue weighted by Crippen LogP contribution is -2.00. The zero-order valence-corrected chi connectivity index (χ0v) is 12.3. The van der Waals surface area contributed by atoms with Crippen molar-refractivity contribution in [2.45, 2.75) is 13.8 Å². The Morgan fingerprint density at radius 2 is 1.80 bits per heavy atom. The minimum atomic E-state index is 0.586. The smallest absolute Gasteiger partial charge is 0.163 e. The zero-order chi connectivity index (χ0) is 14.4. The van der Waals surface area contributed by atoms with Gasteiger partial charge in [0, 0.05) is 18.0 Å². The third-order valence-corrected chi connectivity index (χ3v) is 2.77. The molecule has 1 heterocycles. The summed E-state index contributed by atoms with van der Waals surface area (Å²) in [7, 11) is 0. The number of halogens is 1. The molecular weight excluding hydrogens is 276 g/mol. The summed E-state index contributed by atoms with van der Waals surface area (Å²) >= 11 is 5.81. The molecule has 106 valence electrons. The molecule has 20 heavy (non-hydrogen) atoms. The van der Waals surface area contributed by atoms with Crippen molar-refractivity contribution in [2.24, 2.45) is 0 Å². The Morgan fingerprint density at radius 1 is 1.05 bits per heavy atom. The van der Waals surface area contributed by atoms with E-state index < -0.39 is 0 Å². The number of hydrogen-bond acceptors (Lipinski definition) is 4. The summed E-state index contributed by atoms with van der Waals surface area (Å²) in [5.74, 6) is 2.18. The van der Waals surface area contributed by atoms with E-state index in [0.29, 0.717) is 24.0 Å². The quantitative estimate of drug-likeness (QED) is 0.863. The van der Waals surface area contributed by atoms with Gasteiger partial charge in [-0.15, -0.1) is 0 Å². The lowest BCUT2D eigenvalue weighted by molar-refractivity contribution is 0.288. The lowest BCUT2D eigenvalue weighted by Gasteiger charge is -2.13. The highest BCUT2D eigenvalue weighted by Crippen LogP contribution is 2.31. The summed E-state index contributed by atoms with van der Waals surface area (Å²) in [6.45, 7) is 5.07. The second-order valence-electron chi connectivity index (χ2n) is 4.01. The van der Waals surface area contributed by atoms with E-state index in [0.717, 1.165) is 17.3 Å². The molecule has 2 rings (SSSR count).